The van der Waals surface area contributed by atoms with Crippen LogP contribution in [0.4, 0.5) is 0 Å². The molecule has 0 aliphatic carbocycles. The first-order chi connectivity index (χ1) is 12.0. The SMILES string of the molecule is CC(C)(CCC(=O)N1CCC[C@@H](Cn2cncn2)C1)c1ccccc1. The lowest BCUT2D eigenvalue weighted by atomic mass is 9.80. The molecule has 1 fully saturated rings. The van der Waals surface area contributed by atoms with Crippen LogP contribution < -0.4 is 0 Å². The second kappa shape index (κ2) is 7.81. The molecule has 0 spiro atoms. The van der Waals surface area contributed by atoms with Crippen LogP contribution in [0.1, 0.15) is 45.1 Å². The Morgan fingerprint density at radius 3 is 2.80 bits per heavy atom. The van der Waals surface area contributed by atoms with Crippen molar-refractivity contribution < 1.29 is 4.79 Å². The summed E-state index contributed by atoms with van der Waals surface area (Å²) < 4.78 is 1.87. The molecule has 0 N–H and O–H groups in total. The summed E-state index contributed by atoms with van der Waals surface area (Å²) in [4.78, 5) is 18.8. The van der Waals surface area contributed by atoms with Crippen LogP contribution in [-0.4, -0.2) is 38.7 Å². The minimum atomic E-state index is 0.0207. The maximum atomic E-state index is 12.7. The Morgan fingerprint density at radius 1 is 1.28 bits per heavy atom. The quantitative estimate of drug-likeness (QED) is 0.811. The molecule has 1 amide bonds. The molecule has 1 aromatic carbocycles. The van der Waals surface area contributed by atoms with E-state index in [9.17, 15) is 4.79 Å². The number of hydrogen-bond acceptors (Lipinski definition) is 3. The van der Waals surface area contributed by atoms with Crippen LogP contribution in [0.3, 0.4) is 0 Å². The smallest absolute Gasteiger partial charge is 0.222 e. The lowest BCUT2D eigenvalue weighted by Gasteiger charge is -2.34. The molecule has 0 radical (unpaired) electrons. The van der Waals surface area contributed by atoms with Gasteiger partial charge in [0, 0.05) is 26.1 Å². The second-order valence-corrected chi connectivity index (χ2v) is 7.72. The zero-order valence-electron chi connectivity index (χ0n) is 15.3. The molecule has 0 saturated carbocycles. The maximum Gasteiger partial charge on any atom is 0.222 e. The van der Waals surface area contributed by atoms with Gasteiger partial charge in [0.05, 0.1) is 0 Å². The van der Waals surface area contributed by atoms with Gasteiger partial charge >= 0.3 is 0 Å². The summed E-state index contributed by atoms with van der Waals surface area (Å²) in [6.45, 7) is 7.01. The van der Waals surface area contributed by atoms with Crippen molar-refractivity contribution in [2.75, 3.05) is 13.1 Å². The number of carbonyl (C=O) groups excluding carboxylic acids is 1. The van der Waals surface area contributed by atoms with Crippen LogP contribution in [0.2, 0.25) is 0 Å². The van der Waals surface area contributed by atoms with E-state index in [4.69, 9.17) is 0 Å². The predicted molar refractivity (Wildman–Crippen MR) is 98.0 cm³/mol. The van der Waals surface area contributed by atoms with Crippen molar-refractivity contribution in [3.8, 4) is 0 Å². The summed E-state index contributed by atoms with van der Waals surface area (Å²) in [5.74, 6) is 0.758. The summed E-state index contributed by atoms with van der Waals surface area (Å²) >= 11 is 0. The summed E-state index contributed by atoms with van der Waals surface area (Å²) in [6, 6.07) is 10.5. The van der Waals surface area contributed by atoms with Gasteiger partial charge in [-0.15, -0.1) is 0 Å². The highest BCUT2D eigenvalue weighted by Gasteiger charge is 2.27. The predicted octanol–water partition coefficient (Wildman–Crippen LogP) is 3.27. The molecule has 3 rings (SSSR count). The zero-order valence-corrected chi connectivity index (χ0v) is 15.3. The fraction of sp³-hybridized carbons (Fsp3) is 0.550. The fourth-order valence-electron chi connectivity index (χ4n) is 3.64. The number of nitrogens with zero attached hydrogens (tertiary/aromatic N) is 4. The van der Waals surface area contributed by atoms with E-state index in [1.165, 1.54) is 5.56 Å². The minimum Gasteiger partial charge on any atom is -0.342 e. The van der Waals surface area contributed by atoms with Gasteiger partial charge in [-0.2, -0.15) is 5.10 Å². The van der Waals surface area contributed by atoms with Crippen LogP contribution in [0, 0.1) is 5.92 Å². The van der Waals surface area contributed by atoms with Crippen LogP contribution in [0.25, 0.3) is 0 Å². The first kappa shape index (κ1) is 17.6. The molecular weight excluding hydrogens is 312 g/mol. The first-order valence-corrected chi connectivity index (χ1v) is 9.20. The van der Waals surface area contributed by atoms with Gasteiger partial charge in [-0.25, -0.2) is 4.98 Å². The van der Waals surface area contributed by atoms with Crippen molar-refractivity contribution >= 4 is 5.91 Å². The molecule has 134 valence electrons. The number of rotatable bonds is 6. The number of carbonyl (C=O) groups is 1. The summed E-state index contributed by atoms with van der Waals surface area (Å²) in [5.41, 5.74) is 1.32. The van der Waals surface area contributed by atoms with Gasteiger partial charge in [0.25, 0.3) is 0 Å². The molecule has 5 nitrogen and oxygen atoms in total. The molecule has 2 heterocycles. The molecule has 2 aromatic rings. The van der Waals surface area contributed by atoms with E-state index in [-0.39, 0.29) is 11.3 Å². The maximum absolute atomic E-state index is 12.7. The number of benzene rings is 1. The largest absolute Gasteiger partial charge is 0.342 e. The van der Waals surface area contributed by atoms with Gasteiger partial charge in [-0.05, 0) is 36.2 Å². The molecule has 1 aliphatic heterocycles. The van der Waals surface area contributed by atoms with E-state index < -0.39 is 0 Å². The highest BCUT2D eigenvalue weighted by molar-refractivity contribution is 5.76. The molecule has 1 aliphatic rings. The van der Waals surface area contributed by atoms with Gasteiger partial charge in [-0.1, -0.05) is 44.2 Å². The van der Waals surface area contributed by atoms with Crippen LogP contribution in [0.5, 0.6) is 0 Å². The van der Waals surface area contributed by atoms with Crippen LogP contribution >= 0.6 is 0 Å². The zero-order chi connectivity index (χ0) is 17.7. The van der Waals surface area contributed by atoms with E-state index in [0.29, 0.717) is 12.3 Å². The minimum absolute atomic E-state index is 0.0207. The lowest BCUT2D eigenvalue weighted by Crippen LogP contribution is -2.41. The average molecular weight is 340 g/mol. The molecule has 0 bridgehead atoms. The van der Waals surface area contributed by atoms with Crippen molar-refractivity contribution in [1.29, 1.82) is 0 Å². The first-order valence-electron chi connectivity index (χ1n) is 9.20. The Bertz CT molecular complexity index is 666. The Balaban J connectivity index is 1.52. The number of aromatic nitrogens is 3. The van der Waals surface area contributed by atoms with E-state index in [1.807, 2.05) is 15.6 Å². The number of likely N-dealkylation sites (tertiary alicyclic amines) is 1. The summed E-state index contributed by atoms with van der Waals surface area (Å²) in [6.07, 6.45) is 7.03. The molecule has 1 aromatic heterocycles. The highest BCUT2D eigenvalue weighted by Crippen LogP contribution is 2.29. The Hall–Kier alpha value is -2.17. The molecule has 5 heteroatoms. The van der Waals surface area contributed by atoms with Crippen molar-refractivity contribution in [3.05, 3.63) is 48.5 Å². The van der Waals surface area contributed by atoms with Crippen molar-refractivity contribution in [1.82, 2.24) is 19.7 Å². The molecule has 25 heavy (non-hydrogen) atoms. The van der Waals surface area contributed by atoms with Crippen LogP contribution in [0.15, 0.2) is 43.0 Å². The fourth-order valence-corrected chi connectivity index (χ4v) is 3.64. The molecule has 1 atom stereocenters. The topological polar surface area (TPSA) is 51.0 Å². The van der Waals surface area contributed by atoms with Gasteiger partial charge in [0.15, 0.2) is 0 Å². The summed E-state index contributed by atoms with van der Waals surface area (Å²) in [7, 11) is 0. The van der Waals surface area contributed by atoms with Gasteiger partial charge < -0.3 is 4.90 Å². The van der Waals surface area contributed by atoms with E-state index in [2.05, 4.69) is 48.2 Å². The molecule has 0 unspecified atom stereocenters. The van der Waals surface area contributed by atoms with E-state index in [0.717, 1.165) is 38.9 Å². The lowest BCUT2D eigenvalue weighted by molar-refractivity contribution is -0.133. The van der Waals surface area contributed by atoms with Gasteiger partial charge in [0.2, 0.25) is 5.91 Å². The van der Waals surface area contributed by atoms with Crippen molar-refractivity contribution in [3.63, 3.8) is 0 Å². The van der Waals surface area contributed by atoms with Crippen molar-refractivity contribution in [2.45, 2.75) is 51.5 Å². The third-order valence-electron chi connectivity index (χ3n) is 5.30. The standard InChI is InChI=1S/C20H28N4O/c1-20(2,18-8-4-3-5-9-18)11-10-19(25)23-12-6-7-17(13-23)14-24-16-21-15-22-24/h3-5,8-9,15-17H,6-7,10-14H2,1-2H3/t17-/m1/s1. The normalized spacial score (nSPS) is 18.3. The average Bonchev–Trinajstić information content (AvgIpc) is 3.14. The highest BCUT2D eigenvalue weighted by atomic mass is 16.2. The summed E-state index contributed by atoms with van der Waals surface area (Å²) in [5, 5.41) is 4.18. The molecular formula is C20H28N4O. The second-order valence-electron chi connectivity index (χ2n) is 7.72. The third-order valence-corrected chi connectivity index (χ3v) is 5.30. The van der Waals surface area contributed by atoms with Crippen molar-refractivity contribution in [2.24, 2.45) is 5.92 Å². The monoisotopic (exact) mass is 340 g/mol. The molecule has 1 saturated heterocycles. The Kier molecular flexibility index (Phi) is 5.51. The van der Waals surface area contributed by atoms with E-state index in [1.54, 1.807) is 12.7 Å². The number of hydrogen-bond donors (Lipinski definition) is 0. The number of piperidine rings is 1. The Morgan fingerprint density at radius 2 is 2.08 bits per heavy atom. The van der Waals surface area contributed by atoms with Gasteiger partial charge in [0.1, 0.15) is 12.7 Å². The van der Waals surface area contributed by atoms with Crippen LogP contribution in [-0.2, 0) is 16.8 Å². The third kappa shape index (κ3) is 4.68. The van der Waals surface area contributed by atoms with Gasteiger partial charge in [-0.3, -0.25) is 9.48 Å². The Labute approximate surface area is 150 Å². The number of amides is 1. The van der Waals surface area contributed by atoms with E-state index >= 15 is 0 Å².